The monoisotopic (exact) mass is 708 g/mol. The number of aliphatic hydroxyl groups is 3. The van der Waals surface area contributed by atoms with E-state index in [4.69, 9.17) is 30.0 Å². The third-order valence-corrected chi connectivity index (χ3v) is 8.63. The van der Waals surface area contributed by atoms with E-state index in [-0.39, 0.29) is 34.2 Å². The molecule has 0 amide bonds. The molecule has 2 fully saturated rings. The van der Waals surface area contributed by atoms with Gasteiger partial charge in [-0.25, -0.2) is 19.1 Å². The lowest BCUT2D eigenvalue weighted by Gasteiger charge is -2.24. The van der Waals surface area contributed by atoms with Gasteiger partial charge in [-0.2, -0.15) is 9.97 Å². The molecule has 0 aromatic carbocycles. The smallest absolute Gasteiger partial charge is 0.387 e. The Labute approximate surface area is 258 Å². The van der Waals surface area contributed by atoms with Crippen LogP contribution in [0.3, 0.4) is 0 Å². The number of nitrogens with one attached hydrogen (secondary N) is 2. The Balaban J connectivity index is 1.19. The van der Waals surface area contributed by atoms with Crippen LogP contribution < -0.4 is 22.6 Å². The van der Waals surface area contributed by atoms with Crippen LogP contribution in [-0.2, 0) is 32.2 Å². The molecule has 2 aliphatic rings. The van der Waals surface area contributed by atoms with Gasteiger partial charge in [-0.3, -0.25) is 42.3 Å². The van der Waals surface area contributed by atoms with Crippen LogP contribution in [-0.4, -0.2) is 119 Å². The number of rotatable bonds is 10. The molecule has 0 spiro atoms. The molecule has 2 saturated heterocycles. The molecule has 0 bridgehead atoms. The summed E-state index contributed by atoms with van der Waals surface area (Å²) in [6.45, 7) is -1.86. The molecular formula is C20H26N10O15P2. The van der Waals surface area contributed by atoms with Crippen molar-refractivity contribution in [1.82, 2.24) is 39.0 Å². The minimum atomic E-state index is -5.25. The minimum Gasteiger partial charge on any atom is -0.387 e. The van der Waals surface area contributed by atoms with Crippen LogP contribution in [0.25, 0.3) is 22.3 Å². The third kappa shape index (κ3) is 6.44. The van der Waals surface area contributed by atoms with E-state index in [0.29, 0.717) is 0 Å². The van der Waals surface area contributed by atoms with E-state index in [1.54, 1.807) is 0 Å². The Bertz CT molecular complexity index is 2030. The molecule has 2 aliphatic heterocycles. The highest BCUT2D eigenvalue weighted by Gasteiger charge is 2.51. The molecule has 27 heteroatoms. The highest BCUT2D eigenvalue weighted by molar-refractivity contribution is 7.47. The van der Waals surface area contributed by atoms with Crippen LogP contribution in [0.15, 0.2) is 22.2 Å². The van der Waals surface area contributed by atoms with Gasteiger partial charge in [0, 0.05) is 0 Å². The summed E-state index contributed by atoms with van der Waals surface area (Å²) in [5, 5.41) is 32.3. The number of H-pyrrole nitrogens is 2. The van der Waals surface area contributed by atoms with Crippen molar-refractivity contribution in [3.8, 4) is 0 Å². The van der Waals surface area contributed by atoms with E-state index in [0.717, 1.165) is 21.8 Å². The van der Waals surface area contributed by atoms with E-state index < -0.39 is 89.1 Å². The Kier molecular flexibility index (Phi) is 8.54. The number of aromatic nitrogens is 8. The summed E-state index contributed by atoms with van der Waals surface area (Å²) in [6.07, 6.45) is -11.1. The van der Waals surface area contributed by atoms with Gasteiger partial charge in [0.05, 0.1) is 25.9 Å². The molecule has 25 nitrogen and oxygen atoms in total. The van der Waals surface area contributed by atoms with Gasteiger partial charge in [0.1, 0.15) is 36.6 Å². The third-order valence-electron chi connectivity index (χ3n) is 7.16. The molecular weight excluding hydrogens is 682 g/mol. The molecule has 9 atom stereocenters. The normalized spacial score (nSPS) is 29.6. The van der Waals surface area contributed by atoms with Crippen molar-refractivity contribution in [2.24, 2.45) is 0 Å². The Hall–Kier alpha value is -3.68. The maximum atomic E-state index is 13.0. The zero-order valence-electron chi connectivity index (χ0n) is 23.3. The Morgan fingerprint density at radius 1 is 0.787 bits per heavy atom. The van der Waals surface area contributed by atoms with E-state index in [2.05, 4.69) is 34.4 Å². The molecule has 0 aliphatic carbocycles. The van der Waals surface area contributed by atoms with Gasteiger partial charge in [0.2, 0.25) is 11.9 Å². The van der Waals surface area contributed by atoms with E-state index in [9.17, 15) is 48.7 Å². The predicted octanol–water partition coefficient (Wildman–Crippen LogP) is -4.09. The second kappa shape index (κ2) is 12.1. The van der Waals surface area contributed by atoms with Gasteiger partial charge in [-0.05, 0) is 0 Å². The van der Waals surface area contributed by atoms with Crippen molar-refractivity contribution in [2.45, 2.75) is 49.1 Å². The average molecular weight is 708 g/mol. The van der Waals surface area contributed by atoms with Crippen LogP contribution in [0.1, 0.15) is 12.5 Å². The van der Waals surface area contributed by atoms with Crippen molar-refractivity contribution in [2.75, 3.05) is 24.7 Å². The topological polar surface area (TPSA) is 381 Å². The number of nitrogens with zero attached hydrogens (tertiary/aromatic N) is 6. The molecule has 256 valence electrons. The molecule has 1 unspecified atom stereocenters. The minimum absolute atomic E-state index is 0.0956. The summed E-state index contributed by atoms with van der Waals surface area (Å²) in [4.78, 5) is 73.3. The summed E-state index contributed by atoms with van der Waals surface area (Å²) < 4.78 is 52.4. The first kappa shape index (κ1) is 33.2. The maximum absolute atomic E-state index is 13.0. The van der Waals surface area contributed by atoms with E-state index in [1.807, 2.05) is 0 Å². The lowest BCUT2D eigenvalue weighted by atomic mass is 10.1. The van der Waals surface area contributed by atoms with Gasteiger partial charge in [0.25, 0.3) is 11.1 Å². The molecule has 4 aromatic heterocycles. The molecule has 47 heavy (non-hydrogen) atoms. The van der Waals surface area contributed by atoms with Gasteiger partial charge < -0.3 is 50.9 Å². The molecule has 0 saturated carbocycles. The van der Waals surface area contributed by atoms with Crippen LogP contribution in [0.5, 0.6) is 0 Å². The quantitative estimate of drug-likeness (QED) is 0.0700. The second-order valence-electron chi connectivity index (χ2n) is 10.3. The lowest BCUT2D eigenvalue weighted by molar-refractivity contribution is -0.0582. The van der Waals surface area contributed by atoms with Crippen molar-refractivity contribution in [3.05, 3.63) is 33.4 Å². The number of aromatic amines is 2. The largest absolute Gasteiger partial charge is 0.472 e. The second-order valence-corrected chi connectivity index (χ2v) is 12.9. The number of ether oxygens (including phenoxy) is 2. The zero-order chi connectivity index (χ0) is 34.0. The van der Waals surface area contributed by atoms with Gasteiger partial charge >= 0.3 is 15.6 Å². The summed E-state index contributed by atoms with van der Waals surface area (Å²) in [6, 6.07) is 0. The summed E-state index contributed by atoms with van der Waals surface area (Å²) in [5.74, 6) is -0.589. The first-order valence-electron chi connectivity index (χ1n) is 13.2. The maximum Gasteiger partial charge on any atom is 0.472 e. The fourth-order valence-electron chi connectivity index (χ4n) is 5.09. The number of anilines is 2. The fourth-order valence-corrected chi connectivity index (χ4v) is 6.40. The van der Waals surface area contributed by atoms with Gasteiger partial charge in [-0.1, -0.05) is 0 Å². The van der Waals surface area contributed by atoms with Crippen LogP contribution in [0.4, 0.5) is 11.9 Å². The molecule has 6 rings (SSSR count). The van der Waals surface area contributed by atoms with E-state index in [1.165, 1.54) is 0 Å². The van der Waals surface area contributed by atoms with Crippen LogP contribution in [0, 0.1) is 0 Å². The molecule has 6 heterocycles. The first-order valence-corrected chi connectivity index (χ1v) is 16.2. The van der Waals surface area contributed by atoms with Gasteiger partial charge in [-0.15, -0.1) is 0 Å². The number of nitrogens with two attached hydrogens (primary N) is 2. The van der Waals surface area contributed by atoms with Crippen LogP contribution in [0.2, 0.25) is 0 Å². The van der Waals surface area contributed by atoms with Gasteiger partial charge in [0.15, 0.2) is 34.8 Å². The summed E-state index contributed by atoms with van der Waals surface area (Å²) in [7, 11) is -10.4. The van der Waals surface area contributed by atoms with Crippen molar-refractivity contribution in [3.63, 3.8) is 0 Å². The van der Waals surface area contributed by atoms with Crippen LogP contribution >= 0.6 is 15.6 Å². The summed E-state index contributed by atoms with van der Waals surface area (Å²) in [5.41, 5.74) is 9.12. The Morgan fingerprint density at radius 2 is 1.28 bits per heavy atom. The number of aliphatic hydroxyl groups excluding tert-OH is 3. The molecule has 4 aromatic rings. The number of imidazole rings is 2. The standard InChI is InChI=1S/C20H26N10O15P2/c21-19-25-13-7(15(34)27-19)23-3-29(13)17-10(32)9(31)5(43-17)1-42-47(39,40)45-12-6(2-41-46(36,37)38)44-18(11(12)33)30-4-24-8-14(30)26-20(22)28-16(8)35/h3-6,9-12,17-18,31-33H,1-2H2,(H,39,40)(H2,36,37,38)(H3,21,25,27,34)(H3,22,26,28,35)/t5-,6-,9-,10-,11-,12-,17-,18-/m1/s1. The zero-order valence-corrected chi connectivity index (χ0v) is 25.1. The van der Waals surface area contributed by atoms with Crippen molar-refractivity contribution in [1.29, 1.82) is 0 Å². The SMILES string of the molecule is Nc1nc2c(ncn2[C@@H]2O[C@H](COP(=O)(O)O[C@H]3[C@@H](O)[C@H](n4cnc5c(=O)[nH]c(N)nc54)O[C@@H]3COP(=O)(O)O)[C@@H](O)[C@H]2O)c(=O)[nH]1. The number of hydrogen-bond donors (Lipinski definition) is 10. The number of phosphoric ester groups is 2. The Morgan fingerprint density at radius 3 is 1.81 bits per heavy atom. The van der Waals surface area contributed by atoms with Crippen molar-refractivity contribution >= 4 is 49.9 Å². The number of phosphoric acid groups is 2. The lowest BCUT2D eigenvalue weighted by Crippen LogP contribution is -2.37. The first-order chi connectivity index (χ1) is 22.0. The highest BCUT2D eigenvalue weighted by atomic mass is 31.2. The summed E-state index contributed by atoms with van der Waals surface area (Å²) >= 11 is 0. The average Bonchev–Trinajstić information content (AvgIpc) is 3.72. The predicted molar refractivity (Wildman–Crippen MR) is 150 cm³/mol. The van der Waals surface area contributed by atoms with E-state index >= 15 is 0 Å². The van der Waals surface area contributed by atoms with Crippen molar-refractivity contribution < 1.29 is 62.2 Å². The molecule has 12 N–H and O–H groups in total. The molecule has 0 radical (unpaired) electrons. The highest BCUT2D eigenvalue weighted by Crippen LogP contribution is 2.50. The fraction of sp³-hybridized carbons (Fsp3) is 0.500. The number of hydrogen-bond acceptors (Lipinski definition) is 18. The number of fused-ring (bicyclic) bond motifs is 2. The number of nitrogen functional groups attached to an aromatic ring is 2.